The number of ether oxygens (including phenoxy) is 2. The summed E-state index contributed by atoms with van der Waals surface area (Å²) in [5, 5.41) is 15.3. The third-order valence-electron chi connectivity index (χ3n) is 4.88. The Morgan fingerprint density at radius 2 is 1.75 bits per heavy atom. The average molecular weight is 374 g/mol. The lowest BCUT2D eigenvalue weighted by atomic mass is 10.0. The Morgan fingerprint density at radius 1 is 0.964 bits per heavy atom. The first kappa shape index (κ1) is 18.1. The number of benzene rings is 3. The fraction of sp³-hybridized carbons (Fsp3) is 0.174. The van der Waals surface area contributed by atoms with Gasteiger partial charge in [0.25, 0.3) is 0 Å². The van der Waals surface area contributed by atoms with E-state index in [1.54, 1.807) is 14.2 Å². The SMILES string of the molecule is COc1cc2nc3cc(CO)c(OC)c(Nc4ccccc4)c3cc2cc1C. The summed E-state index contributed by atoms with van der Waals surface area (Å²) in [5.41, 5.74) is 5.07. The van der Waals surface area contributed by atoms with Gasteiger partial charge in [-0.15, -0.1) is 0 Å². The zero-order valence-corrected chi connectivity index (χ0v) is 16.1. The van der Waals surface area contributed by atoms with Gasteiger partial charge >= 0.3 is 0 Å². The second kappa shape index (κ2) is 7.37. The monoisotopic (exact) mass is 374 g/mol. The van der Waals surface area contributed by atoms with Crippen LogP contribution in [0.3, 0.4) is 0 Å². The predicted molar refractivity (Wildman–Crippen MR) is 113 cm³/mol. The first-order valence-corrected chi connectivity index (χ1v) is 9.06. The predicted octanol–water partition coefficient (Wildman–Crippen LogP) is 4.95. The molecule has 1 aromatic heterocycles. The first-order chi connectivity index (χ1) is 13.6. The molecule has 0 aliphatic carbocycles. The summed E-state index contributed by atoms with van der Waals surface area (Å²) >= 11 is 0. The highest BCUT2D eigenvalue weighted by Crippen LogP contribution is 2.40. The third-order valence-corrected chi connectivity index (χ3v) is 4.88. The molecule has 0 saturated heterocycles. The third kappa shape index (κ3) is 3.10. The van der Waals surface area contributed by atoms with Crippen LogP contribution in [0.2, 0.25) is 0 Å². The van der Waals surface area contributed by atoms with E-state index in [0.717, 1.165) is 44.5 Å². The molecule has 0 unspecified atom stereocenters. The second-order valence-electron chi connectivity index (χ2n) is 6.66. The molecule has 2 N–H and O–H groups in total. The van der Waals surface area contributed by atoms with E-state index >= 15 is 0 Å². The van der Waals surface area contributed by atoms with E-state index in [1.807, 2.05) is 49.4 Å². The van der Waals surface area contributed by atoms with E-state index in [2.05, 4.69) is 17.4 Å². The maximum absolute atomic E-state index is 9.88. The number of nitrogens with zero attached hydrogens (tertiary/aromatic N) is 1. The second-order valence-corrected chi connectivity index (χ2v) is 6.66. The number of hydrogen-bond acceptors (Lipinski definition) is 5. The van der Waals surface area contributed by atoms with Gasteiger partial charge in [-0.2, -0.15) is 0 Å². The van der Waals surface area contributed by atoms with Crippen molar-refractivity contribution in [3.63, 3.8) is 0 Å². The number of aliphatic hydroxyl groups is 1. The van der Waals surface area contributed by atoms with Gasteiger partial charge in [0.15, 0.2) is 0 Å². The molecular weight excluding hydrogens is 352 g/mol. The first-order valence-electron chi connectivity index (χ1n) is 9.06. The van der Waals surface area contributed by atoms with E-state index in [0.29, 0.717) is 11.3 Å². The Bertz CT molecular complexity index is 1160. The van der Waals surface area contributed by atoms with Gasteiger partial charge in [-0.3, -0.25) is 0 Å². The van der Waals surface area contributed by atoms with Crippen molar-refractivity contribution in [2.45, 2.75) is 13.5 Å². The largest absolute Gasteiger partial charge is 0.496 e. The Kier molecular flexibility index (Phi) is 4.75. The zero-order chi connectivity index (χ0) is 19.7. The van der Waals surface area contributed by atoms with Crippen LogP contribution >= 0.6 is 0 Å². The smallest absolute Gasteiger partial charge is 0.148 e. The van der Waals surface area contributed by atoms with Crippen LogP contribution in [0.15, 0.2) is 54.6 Å². The van der Waals surface area contributed by atoms with Gasteiger partial charge < -0.3 is 19.9 Å². The number of para-hydroxylation sites is 1. The van der Waals surface area contributed by atoms with Crippen molar-refractivity contribution in [3.05, 3.63) is 65.7 Å². The maximum atomic E-state index is 9.88. The molecule has 0 radical (unpaired) electrons. The minimum atomic E-state index is -0.139. The van der Waals surface area contributed by atoms with Crippen LogP contribution in [0.5, 0.6) is 11.5 Å². The topological polar surface area (TPSA) is 63.6 Å². The molecule has 5 heteroatoms. The summed E-state index contributed by atoms with van der Waals surface area (Å²) in [5.74, 6) is 1.42. The van der Waals surface area contributed by atoms with Crippen molar-refractivity contribution < 1.29 is 14.6 Å². The van der Waals surface area contributed by atoms with Crippen LogP contribution in [0.4, 0.5) is 11.4 Å². The number of pyridine rings is 1. The summed E-state index contributed by atoms with van der Waals surface area (Å²) in [6.45, 7) is 1.88. The molecule has 28 heavy (non-hydrogen) atoms. The highest BCUT2D eigenvalue weighted by molar-refractivity contribution is 6.03. The Balaban J connectivity index is 2.02. The van der Waals surface area contributed by atoms with Crippen LogP contribution in [0.1, 0.15) is 11.1 Å². The van der Waals surface area contributed by atoms with Crippen molar-refractivity contribution in [1.29, 1.82) is 0 Å². The van der Waals surface area contributed by atoms with Crippen molar-refractivity contribution in [1.82, 2.24) is 4.98 Å². The summed E-state index contributed by atoms with van der Waals surface area (Å²) in [6, 6.07) is 17.9. The summed E-state index contributed by atoms with van der Waals surface area (Å²) in [4.78, 5) is 4.83. The highest BCUT2D eigenvalue weighted by Gasteiger charge is 2.16. The number of aryl methyl sites for hydroxylation is 1. The molecule has 0 aliphatic rings. The van der Waals surface area contributed by atoms with E-state index in [9.17, 15) is 5.11 Å². The Morgan fingerprint density at radius 3 is 2.43 bits per heavy atom. The summed E-state index contributed by atoms with van der Waals surface area (Å²) < 4.78 is 11.1. The molecule has 4 rings (SSSR count). The lowest BCUT2D eigenvalue weighted by Gasteiger charge is -2.18. The van der Waals surface area contributed by atoms with Crippen LogP contribution in [0, 0.1) is 6.92 Å². The van der Waals surface area contributed by atoms with E-state index in [-0.39, 0.29) is 6.61 Å². The number of methoxy groups -OCH3 is 2. The lowest BCUT2D eigenvalue weighted by Crippen LogP contribution is -2.01. The van der Waals surface area contributed by atoms with Gasteiger partial charge in [-0.05, 0) is 42.8 Å². The molecule has 142 valence electrons. The molecule has 0 bridgehead atoms. The van der Waals surface area contributed by atoms with Crippen LogP contribution in [-0.4, -0.2) is 24.3 Å². The van der Waals surface area contributed by atoms with Gasteiger partial charge in [-0.1, -0.05) is 18.2 Å². The van der Waals surface area contributed by atoms with Crippen molar-refractivity contribution >= 4 is 33.2 Å². The lowest BCUT2D eigenvalue weighted by molar-refractivity contribution is 0.274. The van der Waals surface area contributed by atoms with Crippen LogP contribution in [-0.2, 0) is 6.61 Å². The highest BCUT2D eigenvalue weighted by atomic mass is 16.5. The molecule has 0 amide bonds. The number of hydrogen-bond donors (Lipinski definition) is 2. The number of rotatable bonds is 5. The number of aliphatic hydroxyl groups excluding tert-OH is 1. The molecule has 0 atom stereocenters. The minimum Gasteiger partial charge on any atom is -0.496 e. The van der Waals surface area contributed by atoms with Gasteiger partial charge in [0, 0.05) is 28.1 Å². The number of aromatic nitrogens is 1. The molecular formula is C23H22N2O3. The molecule has 0 fully saturated rings. The fourth-order valence-corrected chi connectivity index (χ4v) is 3.52. The number of fused-ring (bicyclic) bond motifs is 2. The fourth-order valence-electron chi connectivity index (χ4n) is 3.52. The van der Waals surface area contributed by atoms with Crippen LogP contribution < -0.4 is 14.8 Å². The molecule has 0 aliphatic heterocycles. The quantitative estimate of drug-likeness (QED) is 0.484. The molecule has 5 nitrogen and oxygen atoms in total. The number of anilines is 2. The molecule has 0 saturated carbocycles. The normalized spacial score (nSPS) is 11.0. The molecule has 1 heterocycles. The standard InChI is InChI=1S/C23H22N2O3/c1-14-9-15-10-18-20(25-19(15)12-21(14)27-2)11-16(13-26)23(28-3)22(18)24-17-7-5-4-6-8-17/h4-12,24,26H,13H2,1-3H3. The van der Waals surface area contributed by atoms with Crippen molar-refractivity contribution in [3.8, 4) is 11.5 Å². The van der Waals surface area contributed by atoms with Gasteiger partial charge in [0.1, 0.15) is 11.5 Å². The molecule has 0 spiro atoms. The average Bonchev–Trinajstić information content (AvgIpc) is 2.72. The molecule has 4 aromatic rings. The van der Waals surface area contributed by atoms with Crippen molar-refractivity contribution in [2.24, 2.45) is 0 Å². The minimum absolute atomic E-state index is 0.139. The van der Waals surface area contributed by atoms with Gasteiger partial charge in [0.05, 0.1) is 37.5 Å². The summed E-state index contributed by atoms with van der Waals surface area (Å²) in [7, 11) is 3.27. The Labute approximate surface area is 163 Å². The summed E-state index contributed by atoms with van der Waals surface area (Å²) in [6.07, 6.45) is 0. The number of nitrogens with one attached hydrogen (secondary N) is 1. The van der Waals surface area contributed by atoms with Gasteiger partial charge in [-0.25, -0.2) is 4.98 Å². The van der Waals surface area contributed by atoms with E-state index < -0.39 is 0 Å². The van der Waals surface area contributed by atoms with Gasteiger partial charge in [0.2, 0.25) is 0 Å². The van der Waals surface area contributed by atoms with E-state index in [4.69, 9.17) is 14.5 Å². The Hall–Kier alpha value is -3.31. The zero-order valence-electron chi connectivity index (χ0n) is 16.1. The molecule has 3 aromatic carbocycles. The maximum Gasteiger partial charge on any atom is 0.148 e. The van der Waals surface area contributed by atoms with Crippen molar-refractivity contribution in [2.75, 3.05) is 19.5 Å². The van der Waals surface area contributed by atoms with Crippen LogP contribution in [0.25, 0.3) is 21.8 Å². The van der Waals surface area contributed by atoms with E-state index in [1.165, 1.54) is 0 Å².